The number of carbonyl (C=O) groups is 1. The highest BCUT2D eigenvalue weighted by Crippen LogP contribution is 1.83. The fraction of sp³-hybridized carbons (Fsp3) is 0.667. The molecule has 2 unspecified atom stereocenters. The Balaban J connectivity index is 3.64. The van der Waals surface area contributed by atoms with Gasteiger partial charge in [-0.1, -0.05) is 0 Å². The Morgan fingerprint density at radius 3 is 1.88 bits per heavy atom. The number of carboxylic acid groups (broad SMARTS) is 1. The molecular formula is C3H7NO4. The molecule has 0 aliphatic carbocycles. The van der Waals surface area contributed by atoms with E-state index in [2.05, 4.69) is 5.73 Å². The zero-order valence-corrected chi connectivity index (χ0v) is 3.98. The van der Waals surface area contributed by atoms with Crippen molar-refractivity contribution in [2.75, 3.05) is 0 Å². The molecule has 5 nitrogen and oxygen atoms in total. The van der Waals surface area contributed by atoms with Crippen LogP contribution in [0.1, 0.15) is 0 Å². The third kappa shape index (κ3) is 1.87. The fourth-order valence-electron chi connectivity index (χ4n) is 0.146. The van der Waals surface area contributed by atoms with Gasteiger partial charge in [-0.3, -0.25) is 0 Å². The maximum Gasteiger partial charge on any atom is 0.336 e. The molecule has 5 heteroatoms. The Kier molecular flexibility index (Phi) is 2.40. The van der Waals surface area contributed by atoms with Crippen molar-refractivity contribution in [1.29, 1.82) is 0 Å². The summed E-state index contributed by atoms with van der Waals surface area (Å²) in [5, 5.41) is 24.2. The second-order valence-corrected chi connectivity index (χ2v) is 1.27. The first kappa shape index (κ1) is 7.35. The summed E-state index contributed by atoms with van der Waals surface area (Å²) in [4.78, 5) is 9.65. The Morgan fingerprint density at radius 2 is 1.88 bits per heavy atom. The number of aliphatic carboxylic acids is 1. The second kappa shape index (κ2) is 2.61. The van der Waals surface area contributed by atoms with Gasteiger partial charge in [0.2, 0.25) is 0 Å². The highest BCUT2D eigenvalue weighted by molar-refractivity contribution is 5.72. The van der Waals surface area contributed by atoms with Crippen molar-refractivity contribution in [3.8, 4) is 0 Å². The molecule has 0 saturated carbocycles. The number of nitrogens with two attached hydrogens (primary N) is 1. The number of aliphatic hydroxyl groups excluding tert-OH is 2. The van der Waals surface area contributed by atoms with Crippen molar-refractivity contribution in [2.45, 2.75) is 12.3 Å². The van der Waals surface area contributed by atoms with Gasteiger partial charge in [-0.25, -0.2) is 4.79 Å². The van der Waals surface area contributed by atoms with Crippen molar-refractivity contribution in [2.24, 2.45) is 5.73 Å². The van der Waals surface area contributed by atoms with Gasteiger partial charge in [0.15, 0.2) is 6.10 Å². The molecule has 0 amide bonds. The first-order chi connectivity index (χ1) is 3.55. The molecule has 2 atom stereocenters. The lowest BCUT2D eigenvalue weighted by atomic mass is 10.3. The summed E-state index contributed by atoms with van der Waals surface area (Å²) in [6, 6.07) is 0. The monoisotopic (exact) mass is 121 g/mol. The Bertz CT molecular complexity index is 91.3. The summed E-state index contributed by atoms with van der Waals surface area (Å²) in [6.07, 6.45) is -3.58. The molecule has 0 spiro atoms. The van der Waals surface area contributed by atoms with Crippen LogP contribution in [0.15, 0.2) is 0 Å². The van der Waals surface area contributed by atoms with E-state index in [1.807, 2.05) is 0 Å². The molecule has 8 heavy (non-hydrogen) atoms. The lowest BCUT2D eigenvalue weighted by Gasteiger charge is -2.05. The Hall–Kier alpha value is -0.650. The van der Waals surface area contributed by atoms with Gasteiger partial charge in [0.1, 0.15) is 6.23 Å². The lowest BCUT2D eigenvalue weighted by molar-refractivity contribution is -0.152. The van der Waals surface area contributed by atoms with Crippen LogP contribution in [0.4, 0.5) is 0 Å². The van der Waals surface area contributed by atoms with E-state index in [9.17, 15) is 4.79 Å². The average molecular weight is 121 g/mol. The number of aliphatic hydroxyl groups is 2. The summed E-state index contributed by atoms with van der Waals surface area (Å²) in [6.45, 7) is 0. The van der Waals surface area contributed by atoms with Crippen molar-refractivity contribution < 1.29 is 20.1 Å². The highest BCUT2D eigenvalue weighted by atomic mass is 16.4. The van der Waals surface area contributed by atoms with Crippen molar-refractivity contribution in [3.05, 3.63) is 0 Å². The number of rotatable bonds is 2. The molecule has 0 aromatic carbocycles. The molecule has 0 aromatic rings. The number of carboxylic acids is 1. The minimum atomic E-state index is -1.88. The standard InChI is InChI=1S/C3H7NO4/c4-2(6)1(5)3(7)8/h1-2,5-6H,4H2,(H,7,8). The summed E-state index contributed by atoms with van der Waals surface area (Å²) in [5.74, 6) is -1.53. The summed E-state index contributed by atoms with van der Waals surface area (Å²) >= 11 is 0. The minimum absolute atomic E-state index is 1.53. The van der Waals surface area contributed by atoms with Crippen LogP contribution in [0.3, 0.4) is 0 Å². The first-order valence-corrected chi connectivity index (χ1v) is 1.90. The minimum Gasteiger partial charge on any atom is -0.479 e. The third-order valence-electron chi connectivity index (χ3n) is 0.577. The van der Waals surface area contributed by atoms with Gasteiger partial charge in [-0.15, -0.1) is 0 Å². The maximum atomic E-state index is 9.65. The highest BCUT2D eigenvalue weighted by Gasteiger charge is 2.18. The van der Waals surface area contributed by atoms with Gasteiger partial charge in [0.25, 0.3) is 0 Å². The molecule has 0 bridgehead atoms. The summed E-state index contributed by atoms with van der Waals surface area (Å²) < 4.78 is 0. The number of hydrogen-bond donors (Lipinski definition) is 4. The summed E-state index contributed by atoms with van der Waals surface area (Å²) in [5.41, 5.74) is 4.56. The van der Waals surface area contributed by atoms with Gasteiger partial charge < -0.3 is 21.1 Å². The molecule has 5 N–H and O–H groups in total. The van der Waals surface area contributed by atoms with Crippen LogP contribution in [-0.2, 0) is 4.79 Å². The largest absolute Gasteiger partial charge is 0.479 e. The van der Waals surface area contributed by atoms with E-state index in [0.29, 0.717) is 0 Å². The van der Waals surface area contributed by atoms with E-state index < -0.39 is 18.3 Å². The Morgan fingerprint density at radius 1 is 1.50 bits per heavy atom. The van der Waals surface area contributed by atoms with E-state index >= 15 is 0 Å². The topological polar surface area (TPSA) is 104 Å². The van der Waals surface area contributed by atoms with E-state index in [1.165, 1.54) is 0 Å². The van der Waals surface area contributed by atoms with Gasteiger partial charge in [-0.05, 0) is 0 Å². The lowest BCUT2D eigenvalue weighted by Crippen LogP contribution is -2.39. The fourth-order valence-corrected chi connectivity index (χ4v) is 0.146. The van der Waals surface area contributed by atoms with Crippen LogP contribution in [0.5, 0.6) is 0 Å². The van der Waals surface area contributed by atoms with Crippen LogP contribution in [0.2, 0.25) is 0 Å². The second-order valence-electron chi connectivity index (χ2n) is 1.27. The smallest absolute Gasteiger partial charge is 0.336 e. The number of hydrogen-bond acceptors (Lipinski definition) is 4. The molecule has 0 fully saturated rings. The van der Waals surface area contributed by atoms with E-state index in [0.717, 1.165) is 0 Å². The van der Waals surface area contributed by atoms with E-state index in [4.69, 9.17) is 15.3 Å². The zero-order chi connectivity index (χ0) is 6.73. The predicted octanol–water partition coefficient (Wildman–Crippen LogP) is -2.29. The van der Waals surface area contributed by atoms with Gasteiger partial charge in [-0.2, -0.15) is 0 Å². The Labute approximate surface area is 45.4 Å². The zero-order valence-electron chi connectivity index (χ0n) is 3.98. The first-order valence-electron chi connectivity index (χ1n) is 1.90. The van der Waals surface area contributed by atoms with Crippen molar-refractivity contribution >= 4 is 5.97 Å². The van der Waals surface area contributed by atoms with E-state index in [1.54, 1.807) is 0 Å². The molecular weight excluding hydrogens is 114 g/mol. The summed E-state index contributed by atoms with van der Waals surface area (Å²) in [7, 11) is 0. The average Bonchev–Trinajstić information content (AvgIpc) is 1.64. The molecule has 0 heterocycles. The van der Waals surface area contributed by atoms with Gasteiger partial charge in [0, 0.05) is 0 Å². The molecule has 0 rings (SSSR count). The predicted molar refractivity (Wildman–Crippen MR) is 23.8 cm³/mol. The van der Waals surface area contributed by atoms with Gasteiger partial charge in [0.05, 0.1) is 0 Å². The molecule has 0 saturated heterocycles. The SMILES string of the molecule is NC(O)C(O)C(=O)O. The molecule has 48 valence electrons. The van der Waals surface area contributed by atoms with Crippen LogP contribution in [-0.4, -0.2) is 33.6 Å². The maximum absolute atomic E-state index is 9.65. The quantitative estimate of drug-likeness (QED) is 0.308. The van der Waals surface area contributed by atoms with E-state index in [-0.39, 0.29) is 0 Å². The van der Waals surface area contributed by atoms with Crippen LogP contribution in [0.25, 0.3) is 0 Å². The van der Waals surface area contributed by atoms with Crippen molar-refractivity contribution in [3.63, 3.8) is 0 Å². The normalized spacial score (nSPS) is 17.4. The third-order valence-corrected chi connectivity index (χ3v) is 0.577. The molecule has 0 aliphatic heterocycles. The van der Waals surface area contributed by atoms with Crippen LogP contribution < -0.4 is 5.73 Å². The molecule has 0 aliphatic rings. The van der Waals surface area contributed by atoms with Gasteiger partial charge >= 0.3 is 5.97 Å². The molecule has 0 aromatic heterocycles. The molecule has 0 radical (unpaired) electrons. The van der Waals surface area contributed by atoms with Crippen molar-refractivity contribution in [1.82, 2.24) is 0 Å². The van der Waals surface area contributed by atoms with Crippen LogP contribution >= 0.6 is 0 Å². The van der Waals surface area contributed by atoms with Crippen LogP contribution in [0, 0.1) is 0 Å².